The van der Waals surface area contributed by atoms with Crippen LogP contribution in [0.5, 0.6) is 11.5 Å². The van der Waals surface area contributed by atoms with Gasteiger partial charge in [0.25, 0.3) is 5.91 Å². The van der Waals surface area contributed by atoms with Crippen molar-refractivity contribution in [3.05, 3.63) is 54.1 Å². The minimum Gasteiger partial charge on any atom is -0.497 e. The average Bonchev–Trinajstić information content (AvgIpc) is 3.25. The lowest BCUT2D eigenvalue weighted by Gasteiger charge is -2.07. The molecule has 2 aromatic carbocycles. The third-order valence-electron chi connectivity index (χ3n) is 4.47. The van der Waals surface area contributed by atoms with Crippen LogP contribution in [0.15, 0.2) is 58.8 Å². The van der Waals surface area contributed by atoms with Gasteiger partial charge in [0.1, 0.15) is 11.5 Å². The van der Waals surface area contributed by atoms with E-state index in [1.807, 2.05) is 60.0 Å². The zero-order chi connectivity index (χ0) is 22.8. The maximum atomic E-state index is 12.2. The van der Waals surface area contributed by atoms with Crippen LogP contribution in [0.4, 0.5) is 0 Å². The molecule has 3 aromatic rings. The summed E-state index contributed by atoms with van der Waals surface area (Å²) >= 11 is 1.32. The molecule has 0 aliphatic carbocycles. The number of methoxy groups -OCH3 is 1. The van der Waals surface area contributed by atoms with Gasteiger partial charge in [-0.1, -0.05) is 18.7 Å². The molecule has 0 fully saturated rings. The zero-order valence-electron chi connectivity index (χ0n) is 18.4. The second-order valence-corrected chi connectivity index (χ2v) is 7.72. The molecule has 0 bridgehead atoms. The first-order chi connectivity index (χ1) is 15.6. The fraction of sp³-hybridized carbons (Fsp3) is 0.304. The number of hydrazone groups is 1. The first kappa shape index (κ1) is 23.3. The molecule has 1 amide bonds. The Morgan fingerprint density at radius 3 is 2.47 bits per heavy atom. The summed E-state index contributed by atoms with van der Waals surface area (Å²) in [5.41, 5.74) is 4.36. The van der Waals surface area contributed by atoms with Crippen LogP contribution in [0.25, 0.3) is 11.4 Å². The predicted octanol–water partition coefficient (Wildman–Crippen LogP) is 4.00. The Kier molecular flexibility index (Phi) is 8.68. The monoisotopic (exact) mass is 453 g/mol. The van der Waals surface area contributed by atoms with Crippen LogP contribution < -0.4 is 14.9 Å². The molecule has 0 saturated heterocycles. The summed E-state index contributed by atoms with van der Waals surface area (Å²) < 4.78 is 12.7. The standard InChI is InChI=1S/C23H27N5O3S/c1-4-14-31-20-10-6-17(7-11-20)15-24-25-21(29)16-32-23-27-26-22(28(23)5-2)18-8-12-19(30-3)13-9-18/h6-13,15H,4-5,14,16H2,1-3H3,(H,25,29)/b24-15-. The lowest BCUT2D eigenvalue weighted by atomic mass is 10.2. The number of carbonyl (C=O) groups excluding carboxylic acids is 1. The smallest absolute Gasteiger partial charge is 0.250 e. The summed E-state index contributed by atoms with van der Waals surface area (Å²) in [5, 5.41) is 13.3. The number of aromatic nitrogens is 3. The number of thioether (sulfide) groups is 1. The van der Waals surface area contributed by atoms with Gasteiger partial charge in [0.2, 0.25) is 0 Å². The Bertz CT molecular complexity index is 1030. The third-order valence-corrected chi connectivity index (χ3v) is 5.44. The van der Waals surface area contributed by atoms with Gasteiger partial charge in [-0.2, -0.15) is 5.10 Å². The normalized spacial score (nSPS) is 11.0. The van der Waals surface area contributed by atoms with E-state index in [1.165, 1.54) is 11.8 Å². The Morgan fingerprint density at radius 2 is 1.81 bits per heavy atom. The van der Waals surface area contributed by atoms with Crippen LogP contribution in [0.1, 0.15) is 25.8 Å². The van der Waals surface area contributed by atoms with E-state index < -0.39 is 0 Å². The quantitative estimate of drug-likeness (QED) is 0.268. The van der Waals surface area contributed by atoms with E-state index in [4.69, 9.17) is 9.47 Å². The van der Waals surface area contributed by atoms with Crippen molar-refractivity contribution in [3.63, 3.8) is 0 Å². The lowest BCUT2D eigenvalue weighted by molar-refractivity contribution is -0.118. The Balaban J connectivity index is 1.53. The van der Waals surface area contributed by atoms with Gasteiger partial charge in [-0.15, -0.1) is 10.2 Å². The summed E-state index contributed by atoms with van der Waals surface area (Å²) in [6, 6.07) is 15.2. The van der Waals surface area contributed by atoms with Crippen molar-refractivity contribution < 1.29 is 14.3 Å². The first-order valence-electron chi connectivity index (χ1n) is 10.4. The number of carbonyl (C=O) groups is 1. The van der Waals surface area contributed by atoms with Gasteiger partial charge in [0, 0.05) is 12.1 Å². The molecule has 0 radical (unpaired) electrons. The molecule has 9 heteroatoms. The largest absolute Gasteiger partial charge is 0.497 e. The highest BCUT2D eigenvalue weighted by Crippen LogP contribution is 2.25. The summed E-state index contributed by atoms with van der Waals surface area (Å²) in [4.78, 5) is 12.2. The molecular weight excluding hydrogens is 426 g/mol. The Hall–Kier alpha value is -3.33. The summed E-state index contributed by atoms with van der Waals surface area (Å²) in [5.74, 6) is 2.32. The fourth-order valence-electron chi connectivity index (χ4n) is 2.85. The molecule has 0 aliphatic rings. The van der Waals surface area contributed by atoms with Gasteiger partial charge in [0.15, 0.2) is 11.0 Å². The highest BCUT2D eigenvalue weighted by atomic mass is 32.2. The van der Waals surface area contributed by atoms with Gasteiger partial charge >= 0.3 is 0 Å². The number of hydrogen-bond acceptors (Lipinski definition) is 7. The summed E-state index contributed by atoms with van der Waals surface area (Å²) in [6.45, 7) is 5.46. The van der Waals surface area contributed by atoms with Gasteiger partial charge in [-0.05, 0) is 67.4 Å². The Labute approximate surface area is 192 Å². The lowest BCUT2D eigenvalue weighted by Crippen LogP contribution is -2.20. The van der Waals surface area contributed by atoms with E-state index in [9.17, 15) is 4.79 Å². The van der Waals surface area contributed by atoms with E-state index in [0.29, 0.717) is 18.3 Å². The maximum Gasteiger partial charge on any atom is 0.250 e. The molecule has 0 aliphatic heterocycles. The SMILES string of the molecule is CCCOc1ccc(/C=N\NC(=O)CSc2nnc(-c3ccc(OC)cc3)n2CC)cc1. The molecule has 168 valence electrons. The van der Waals surface area contributed by atoms with E-state index in [-0.39, 0.29) is 11.7 Å². The number of hydrogen-bond donors (Lipinski definition) is 1. The predicted molar refractivity (Wildman–Crippen MR) is 126 cm³/mol. The molecule has 0 saturated carbocycles. The van der Waals surface area contributed by atoms with Crippen molar-refractivity contribution in [3.8, 4) is 22.9 Å². The van der Waals surface area contributed by atoms with E-state index >= 15 is 0 Å². The summed E-state index contributed by atoms with van der Waals surface area (Å²) in [7, 11) is 1.63. The second kappa shape index (κ2) is 11.9. The molecule has 1 heterocycles. The molecule has 32 heavy (non-hydrogen) atoms. The van der Waals surface area contributed by atoms with Crippen LogP contribution in [0, 0.1) is 0 Å². The third kappa shape index (κ3) is 6.34. The van der Waals surface area contributed by atoms with Gasteiger partial charge < -0.3 is 14.0 Å². The molecular formula is C23H27N5O3S. The van der Waals surface area contributed by atoms with Crippen molar-refractivity contribution in [2.45, 2.75) is 32.0 Å². The second-order valence-electron chi connectivity index (χ2n) is 6.78. The maximum absolute atomic E-state index is 12.2. The van der Waals surface area contributed by atoms with E-state index in [1.54, 1.807) is 13.3 Å². The van der Waals surface area contributed by atoms with Gasteiger partial charge in [0.05, 0.1) is 25.7 Å². The molecule has 3 rings (SSSR count). The van der Waals surface area contributed by atoms with Crippen LogP contribution in [0.2, 0.25) is 0 Å². The van der Waals surface area contributed by atoms with Gasteiger partial charge in [-0.3, -0.25) is 4.79 Å². The number of benzene rings is 2. The van der Waals surface area contributed by atoms with Crippen LogP contribution in [0.3, 0.4) is 0 Å². The van der Waals surface area contributed by atoms with E-state index in [0.717, 1.165) is 34.9 Å². The summed E-state index contributed by atoms with van der Waals surface area (Å²) in [6.07, 6.45) is 2.56. The van der Waals surface area contributed by atoms with Crippen LogP contribution >= 0.6 is 11.8 Å². The highest BCUT2D eigenvalue weighted by Gasteiger charge is 2.14. The van der Waals surface area contributed by atoms with Crippen molar-refractivity contribution in [2.75, 3.05) is 19.5 Å². The first-order valence-corrected chi connectivity index (χ1v) is 11.4. The Morgan fingerprint density at radius 1 is 1.09 bits per heavy atom. The number of amides is 1. The number of nitrogens with one attached hydrogen (secondary N) is 1. The number of rotatable bonds is 11. The number of nitrogens with zero attached hydrogens (tertiary/aromatic N) is 4. The molecule has 0 atom stereocenters. The average molecular weight is 454 g/mol. The molecule has 0 spiro atoms. The minimum atomic E-state index is -0.217. The van der Waals surface area contributed by atoms with Crippen molar-refractivity contribution in [2.24, 2.45) is 5.10 Å². The highest BCUT2D eigenvalue weighted by molar-refractivity contribution is 7.99. The van der Waals surface area contributed by atoms with E-state index in [2.05, 4.69) is 27.6 Å². The zero-order valence-corrected chi connectivity index (χ0v) is 19.3. The molecule has 8 nitrogen and oxygen atoms in total. The minimum absolute atomic E-state index is 0.182. The topological polar surface area (TPSA) is 90.6 Å². The molecule has 0 unspecified atom stereocenters. The van der Waals surface area contributed by atoms with Crippen LogP contribution in [-0.4, -0.2) is 46.4 Å². The van der Waals surface area contributed by atoms with Crippen molar-refractivity contribution in [1.82, 2.24) is 20.2 Å². The van der Waals surface area contributed by atoms with Gasteiger partial charge in [-0.25, -0.2) is 5.43 Å². The van der Waals surface area contributed by atoms with Crippen LogP contribution in [-0.2, 0) is 11.3 Å². The van der Waals surface area contributed by atoms with Crippen molar-refractivity contribution >= 4 is 23.9 Å². The molecule has 1 N–H and O–H groups in total. The molecule has 1 aromatic heterocycles. The fourth-order valence-corrected chi connectivity index (χ4v) is 3.64. The number of ether oxygens (including phenoxy) is 2. The van der Waals surface area contributed by atoms with Crippen molar-refractivity contribution in [1.29, 1.82) is 0 Å².